The topological polar surface area (TPSA) is 0 Å². The SMILES string of the molecule is C=C[C@@](C)(S)c1ccc(F)cc1. The van der Waals surface area contributed by atoms with Crippen molar-refractivity contribution in [1.29, 1.82) is 0 Å². The van der Waals surface area contributed by atoms with Crippen molar-refractivity contribution in [1.82, 2.24) is 0 Å². The van der Waals surface area contributed by atoms with Crippen LogP contribution in [0.4, 0.5) is 4.39 Å². The van der Waals surface area contributed by atoms with Gasteiger partial charge in [-0.3, -0.25) is 0 Å². The van der Waals surface area contributed by atoms with E-state index in [0.29, 0.717) is 0 Å². The number of halogens is 1. The molecule has 0 aliphatic rings. The van der Waals surface area contributed by atoms with Gasteiger partial charge in [0, 0.05) is 0 Å². The number of benzene rings is 1. The molecule has 0 heterocycles. The Hall–Kier alpha value is -0.760. The van der Waals surface area contributed by atoms with Gasteiger partial charge in [0.25, 0.3) is 0 Å². The second-order valence-electron chi connectivity index (χ2n) is 2.86. The Morgan fingerprint density at radius 3 is 2.33 bits per heavy atom. The molecular formula is C10H11FS. The third-order valence-corrected chi connectivity index (χ3v) is 2.27. The first kappa shape index (κ1) is 9.33. The molecule has 0 saturated carbocycles. The first-order valence-corrected chi connectivity index (χ1v) is 4.13. The van der Waals surface area contributed by atoms with Crippen molar-refractivity contribution >= 4 is 12.6 Å². The van der Waals surface area contributed by atoms with E-state index in [2.05, 4.69) is 19.2 Å². The van der Waals surface area contributed by atoms with Gasteiger partial charge in [-0.2, -0.15) is 12.6 Å². The van der Waals surface area contributed by atoms with Crippen molar-refractivity contribution in [3.8, 4) is 0 Å². The van der Waals surface area contributed by atoms with E-state index in [-0.39, 0.29) is 10.6 Å². The van der Waals surface area contributed by atoms with Crippen molar-refractivity contribution in [3.63, 3.8) is 0 Å². The fourth-order valence-corrected chi connectivity index (χ4v) is 1.05. The van der Waals surface area contributed by atoms with Crippen LogP contribution in [0.15, 0.2) is 36.9 Å². The number of rotatable bonds is 2. The Kier molecular flexibility index (Phi) is 2.58. The second kappa shape index (κ2) is 3.31. The van der Waals surface area contributed by atoms with E-state index in [4.69, 9.17) is 0 Å². The second-order valence-corrected chi connectivity index (χ2v) is 3.79. The summed E-state index contributed by atoms with van der Waals surface area (Å²) in [5.41, 5.74) is 0.947. The standard InChI is InChI=1S/C10H11FS/c1-3-10(2,12)8-4-6-9(11)7-5-8/h3-7,12H,1H2,2H3/t10-/m1/s1. The molecule has 1 aromatic carbocycles. The third kappa shape index (κ3) is 1.89. The van der Waals surface area contributed by atoms with Crippen molar-refractivity contribution < 1.29 is 4.39 Å². The normalized spacial score (nSPS) is 15.2. The van der Waals surface area contributed by atoms with Crippen LogP contribution < -0.4 is 0 Å². The maximum atomic E-state index is 12.5. The monoisotopic (exact) mass is 182 g/mol. The summed E-state index contributed by atoms with van der Waals surface area (Å²) in [7, 11) is 0. The average molecular weight is 182 g/mol. The predicted octanol–water partition coefficient (Wildman–Crippen LogP) is 3.16. The lowest BCUT2D eigenvalue weighted by atomic mass is 10.0. The quantitative estimate of drug-likeness (QED) is 0.527. The van der Waals surface area contributed by atoms with Crippen LogP contribution in [0.3, 0.4) is 0 Å². The van der Waals surface area contributed by atoms with Crippen LogP contribution in [0.25, 0.3) is 0 Å². The lowest BCUT2D eigenvalue weighted by Crippen LogP contribution is -2.08. The molecule has 0 unspecified atom stereocenters. The van der Waals surface area contributed by atoms with Crippen LogP contribution in [0, 0.1) is 5.82 Å². The smallest absolute Gasteiger partial charge is 0.123 e. The minimum Gasteiger partial charge on any atom is -0.207 e. The summed E-state index contributed by atoms with van der Waals surface area (Å²) >= 11 is 4.37. The summed E-state index contributed by atoms with van der Waals surface area (Å²) < 4.78 is 12.1. The van der Waals surface area contributed by atoms with Crippen LogP contribution in [0.1, 0.15) is 12.5 Å². The van der Waals surface area contributed by atoms with Gasteiger partial charge in [0.2, 0.25) is 0 Å². The number of thiol groups is 1. The van der Waals surface area contributed by atoms with E-state index < -0.39 is 0 Å². The molecule has 0 fully saturated rings. The van der Waals surface area contributed by atoms with Gasteiger partial charge < -0.3 is 0 Å². The Morgan fingerprint density at radius 1 is 1.42 bits per heavy atom. The van der Waals surface area contributed by atoms with E-state index in [1.165, 1.54) is 12.1 Å². The lowest BCUT2D eigenvalue weighted by molar-refractivity contribution is 0.626. The zero-order chi connectivity index (χ0) is 9.19. The molecule has 0 aliphatic heterocycles. The van der Waals surface area contributed by atoms with E-state index in [9.17, 15) is 4.39 Å². The van der Waals surface area contributed by atoms with Crippen LogP contribution in [-0.4, -0.2) is 0 Å². The summed E-state index contributed by atoms with van der Waals surface area (Å²) in [6, 6.07) is 6.27. The highest BCUT2D eigenvalue weighted by atomic mass is 32.1. The molecule has 1 rings (SSSR count). The van der Waals surface area contributed by atoms with Crippen LogP contribution >= 0.6 is 12.6 Å². The largest absolute Gasteiger partial charge is 0.207 e. The van der Waals surface area contributed by atoms with Crippen LogP contribution in [0.2, 0.25) is 0 Å². The minimum atomic E-state index is -0.381. The van der Waals surface area contributed by atoms with Crippen LogP contribution in [-0.2, 0) is 4.75 Å². The molecule has 0 amide bonds. The maximum absolute atomic E-state index is 12.5. The van der Waals surface area contributed by atoms with Gasteiger partial charge in [-0.15, -0.1) is 6.58 Å². The van der Waals surface area contributed by atoms with Gasteiger partial charge in [0.1, 0.15) is 5.82 Å². The molecule has 64 valence electrons. The van der Waals surface area contributed by atoms with E-state index >= 15 is 0 Å². The summed E-state index contributed by atoms with van der Waals surface area (Å²) in [6.45, 7) is 5.57. The van der Waals surface area contributed by atoms with Crippen molar-refractivity contribution in [2.75, 3.05) is 0 Å². The fourth-order valence-electron chi connectivity index (χ4n) is 0.905. The Bertz CT molecular complexity index is 274. The molecule has 0 radical (unpaired) electrons. The van der Waals surface area contributed by atoms with Gasteiger partial charge in [0.15, 0.2) is 0 Å². The van der Waals surface area contributed by atoms with Crippen molar-refractivity contribution in [3.05, 3.63) is 48.3 Å². The van der Waals surface area contributed by atoms with Crippen LogP contribution in [0.5, 0.6) is 0 Å². The van der Waals surface area contributed by atoms with Crippen molar-refractivity contribution in [2.45, 2.75) is 11.7 Å². The number of hydrogen-bond donors (Lipinski definition) is 1. The molecule has 0 nitrogen and oxygen atoms in total. The molecule has 0 saturated heterocycles. The van der Waals surface area contributed by atoms with Gasteiger partial charge in [-0.25, -0.2) is 4.39 Å². The highest BCUT2D eigenvalue weighted by Gasteiger charge is 2.16. The molecule has 1 aromatic rings. The maximum Gasteiger partial charge on any atom is 0.123 e. The zero-order valence-electron chi connectivity index (χ0n) is 6.92. The average Bonchev–Trinajstić information content (AvgIpc) is 2.05. The number of hydrogen-bond acceptors (Lipinski definition) is 1. The first-order valence-electron chi connectivity index (χ1n) is 3.68. The Morgan fingerprint density at radius 2 is 1.92 bits per heavy atom. The molecule has 1 atom stereocenters. The highest BCUT2D eigenvalue weighted by Crippen LogP contribution is 2.28. The summed E-state index contributed by atoms with van der Waals surface area (Å²) in [5.74, 6) is -0.230. The van der Waals surface area contributed by atoms with E-state index in [0.717, 1.165) is 5.56 Å². The van der Waals surface area contributed by atoms with Gasteiger partial charge in [0.05, 0.1) is 4.75 Å². The van der Waals surface area contributed by atoms with E-state index in [1.807, 2.05) is 6.92 Å². The van der Waals surface area contributed by atoms with Gasteiger partial charge in [-0.05, 0) is 24.6 Å². The summed E-state index contributed by atoms with van der Waals surface area (Å²) in [6.07, 6.45) is 1.73. The molecule has 0 aliphatic carbocycles. The molecule has 0 N–H and O–H groups in total. The van der Waals surface area contributed by atoms with Gasteiger partial charge in [-0.1, -0.05) is 18.2 Å². The van der Waals surface area contributed by atoms with Gasteiger partial charge >= 0.3 is 0 Å². The molecule has 0 aromatic heterocycles. The molecule has 2 heteroatoms. The Balaban J connectivity index is 3.04. The third-order valence-electron chi connectivity index (χ3n) is 1.83. The van der Waals surface area contributed by atoms with E-state index in [1.54, 1.807) is 18.2 Å². The zero-order valence-corrected chi connectivity index (χ0v) is 7.81. The summed E-state index contributed by atoms with van der Waals surface area (Å²) in [4.78, 5) is 0. The minimum absolute atomic E-state index is 0.230. The fraction of sp³-hybridized carbons (Fsp3) is 0.200. The van der Waals surface area contributed by atoms with Crippen molar-refractivity contribution in [2.24, 2.45) is 0 Å². The molecular weight excluding hydrogens is 171 g/mol. The summed E-state index contributed by atoms with van der Waals surface area (Å²) in [5, 5.41) is 0. The first-order chi connectivity index (χ1) is 5.56. The Labute approximate surface area is 77.5 Å². The molecule has 0 spiro atoms. The molecule has 12 heavy (non-hydrogen) atoms. The lowest BCUT2D eigenvalue weighted by Gasteiger charge is -2.18. The predicted molar refractivity (Wildman–Crippen MR) is 52.9 cm³/mol. The highest BCUT2D eigenvalue weighted by molar-refractivity contribution is 7.81. The molecule has 0 bridgehead atoms.